The Bertz CT molecular complexity index is 2330. The van der Waals surface area contributed by atoms with Gasteiger partial charge in [-0.1, -0.05) is 42.5 Å². The molecule has 219 valence electrons. The van der Waals surface area contributed by atoms with Crippen molar-refractivity contribution in [3.05, 3.63) is 88.0 Å². The molecule has 0 fully saturated rings. The zero-order chi connectivity index (χ0) is 30.6. The van der Waals surface area contributed by atoms with Gasteiger partial charge in [0.15, 0.2) is 0 Å². The number of hydrogen-bond donors (Lipinski definition) is 3. The first-order valence-electron chi connectivity index (χ1n) is 11.4. The SMILES string of the molecule is O=[N+]([O-])c1ccc(C=Cc2ccc(-n3nc4cc(S(=O)(=O)O)c5ccccc5c4n3)cc2S(=O)(=O)O)c(S(=O)(=O)O)c1.[Na].[Na].[Na]. The standard InChI is InChI=1S/C24H16N4O11S3.3Na/c29-28(30)17-10-8-15(22(12-17)41(34,35)36)6-5-14-7-9-16(11-21(14)40(31,32)33)27-25-20-13-23(42(37,38)39)18-3-1-2-4-19(18)24(20)26-27;;;/h1-13H,(H,31,32,33)(H,34,35,36)(H,37,38,39);;;. The van der Waals surface area contributed by atoms with Gasteiger partial charge in [0.05, 0.1) is 10.6 Å². The molecule has 0 amide bonds. The van der Waals surface area contributed by atoms with Crippen LogP contribution in [0.15, 0.2) is 81.4 Å². The Morgan fingerprint density at radius 2 is 1.18 bits per heavy atom. The van der Waals surface area contributed by atoms with Gasteiger partial charge in [0, 0.05) is 112 Å². The predicted molar refractivity (Wildman–Crippen MR) is 165 cm³/mol. The van der Waals surface area contributed by atoms with Crippen molar-refractivity contribution < 1.29 is 43.8 Å². The number of benzene rings is 4. The number of nitrogens with zero attached hydrogens (tertiary/aromatic N) is 4. The monoisotopic (exact) mass is 701 g/mol. The van der Waals surface area contributed by atoms with Gasteiger partial charge in [0.25, 0.3) is 36.0 Å². The van der Waals surface area contributed by atoms with Crippen LogP contribution in [0.3, 0.4) is 0 Å². The molecule has 0 aliphatic rings. The van der Waals surface area contributed by atoms with E-state index in [2.05, 4.69) is 10.2 Å². The minimum atomic E-state index is -4.91. The van der Waals surface area contributed by atoms with Crippen LogP contribution in [0.5, 0.6) is 0 Å². The fraction of sp³-hybridized carbons (Fsp3) is 0. The van der Waals surface area contributed by atoms with Crippen LogP contribution in [0.25, 0.3) is 39.6 Å². The van der Waals surface area contributed by atoms with E-state index in [4.69, 9.17) is 0 Å². The van der Waals surface area contributed by atoms with Gasteiger partial charge in [-0.05, 0) is 35.4 Å². The fourth-order valence-corrected chi connectivity index (χ4v) is 6.35. The van der Waals surface area contributed by atoms with Crippen LogP contribution in [-0.2, 0) is 30.4 Å². The first-order chi connectivity index (χ1) is 19.5. The Hall–Kier alpha value is -1.59. The van der Waals surface area contributed by atoms with Crippen molar-refractivity contribution in [1.29, 1.82) is 0 Å². The van der Waals surface area contributed by atoms with Gasteiger partial charge >= 0.3 is 0 Å². The molecule has 0 saturated carbocycles. The van der Waals surface area contributed by atoms with Crippen molar-refractivity contribution in [2.45, 2.75) is 14.7 Å². The number of fused-ring (bicyclic) bond motifs is 3. The van der Waals surface area contributed by atoms with Crippen LogP contribution >= 0.6 is 0 Å². The molecule has 0 bridgehead atoms. The van der Waals surface area contributed by atoms with Crippen LogP contribution < -0.4 is 0 Å². The molecule has 21 heteroatoms. The van der Waals surface area contributed by atoms with Gasteiger partial charge in [-0.25, -0.2) is 0 Å². The molecular formula is C24H16N4Na3O11S3. The van der Waals surface area contributed by atoms with E-state index in [0.29, 0.717) is 11.5 Å². The Morgan fingerprint density at radius 1 is 0.667 bits per heavy atom. The smallest absolute Gasteiger partial charge is 0.282 e. The maximum atomic E-state index is 12.3. The topological polar surface area (TPSA) is 237 Å². The number of nitro benzene ring substituents is 1. The maximum absolute atomic E-state index is 12.3. The third-order valence-electron chi connectivity index (χ3n) is 6.07. The van der Waals surface area contributed by atoms with E-state index in [0.717, 1.165) is 41.2 Å². The fourth-order valence-electron chi connectivity index (χ4n) is 4.23. The van der Waals surface area contributed by atoms with Crippen molar-refractivity contribution in [3.63, 3.8) is 0 Å². The van der Waals surface area contributed by atoms with Crippen LogP contribution in [0.2, 0.25) is 0 Å². The Kier molecular flexibility index (Phi) is 12.9. The number of aromatic nitrogens is 3. The molecule has 3 radical (unpaired) electrons. The van der Waals surface area contributed by atoms with Gasteiger partial charge in [-0.15, -0.1) is 10.2 Å². The van der Waals surface area contributed by atoms with Gasteiger partial charge in [-0.2, -0.15) is 30.0 Å². The summed E-state index contributed by atoms with van der Waals surface area (Å²) in [6.07, 6.45) is 2.17. The molecule has 0 saturated heterocycles. The predicted octanol–water partition coefficient (Wildman–Crippen LogP) is 2.25. The van der Waals surface area contributed by atoms with Gasteiger partial charge in [0.1, 0.15) is 25.7 Å². The van der Waals surface area contributed by atoms with Crippen molar-refractivity contribution in [2.24, 2.45) is 0 Å². The Morgan fingerprint density at radius 3 is 1.71 bits per heavy atom. The Balaban J connectivity index is 0.00000235. The summed E-state index contributed by atoms with van der Waals surface area (Å²) in [7, 11) is -14.5. The molecule has 0 atom stereocenters. The van der Waals surface area contributed by atoms with E-state index in [1.165, 1.54) is 18.2 Å². The second kappa shape index (κ2) is 14.7. The van der Waals surface area contributed by atoms with Gasteiger partial charge < -0.3 is 0 Å². The number of hydrogen-bond acceptors (Lipinski definition) is 10. The second-order valence-electron chi connectivity index (χ2n) is 8.74. The van der Waals surface area contributed by atoms with E-state index >= 15 is 0 Å². The molecular weight excluding hydrogens is 685 g/mol. The van der Waals surface area contributed by atoms with E-state index in [1.807, 2.05) is 0 Å². The third-order valence-corrected chi connectivity index (χ3v) is 8.78. The van der Waals surface area contributed by atoms with Gasteiger partial charge in [-0.3, -0.25) is 23.8 Å². The summed E-state index contributed by atoms with van der Waals surface area (Å²) in [5, 5.41) is 20.1. The summed E-state index contributed by atoms with van der Waals surface area (Å²) < 4.78 is 101. The van der Waals surface area contributed by atoms with Crippen LogP contribution in [0.1, 0.15) is 11.1 Å². The largest absolute Gasteiger partial charge is 0.295 e. The van der Waals surface area contributed by atoms with Crippen molar-refractivity contribution in [3.8, 4) is 5.69 Å². The first kappa shape index (κ1) is 39.6. The summed E-state index contributed by atoms with van der Waals surface area (Å²) in [6.45, 7) is 0. The van der Waals surface area contributed by atoms with Crippen molar-refractivity contribution in [2.75, 3.05) is 0 Å². The third kappa shape index (κ3) is 8.47. The summed E-state index contributed by atoms with van der Waals surface area (Å²) in [6, 6.07) is 13.5. The summed E-state index contributed by atoms with van der Waals surface area (Å²) in [4.78, 5) is 9.27. The first-order valence-corrected chi connectivity index (χ1v) is 15.7. The zero-order valence-electron chi connectivity index (χ0n) is 23.6. The molecule has 5 rings (SSSR count). The van der Waals surface area contributed by atoms with E-state index in [1.54, 1.807) is 18.2 Å². The molecule has 3 N–H and O–H groups in total. The average Bonchev–Trinajstić information content (AvgIpc) is 3.34. The minimum Gasteiger partial charge on any atom is -0.282 e. The normalized spacial score (nSPS) is 12.0. The molecule has 15 nitrogen and oxygen atoms in total. The molecule has 45 heavy (non-hydrogen) atoms. The molecule has 4 aromatic carbocycles. The molecule has 0 aliphatic carbocycles. The van der Waals surface area contributed by atoms with Crippen LogP contribution in [0, 0.1) is 10.1 Å². The zero-order valence-corrected chi connectivity index (χ0v) is 32.1. The molecule has 5 aromatic rings. The number of nitro groups is 1. The van der Waals surface area contributed by atoms with Crippen molar-refractivity contribution >= 4 is 159 Å². The summed E-state index contributed by atoms with van der Waals surface area (Å²) >= 11 is 0. The van der Waals surface area contributed by atoms with Crippen LogP contribution in [0.4, 0.5) is 5.69 Å². The van der Waals surface area contributed by atoms with E-state index in [9.17, 15) is 49.0 Å². The molecule has 0 unspecified atom stereocenters. The van der Waals surface area contributed by atoms with Crippen molar-refractivity contribution in [1.82, 2.24) is 15.0 Å². The van der Waals surface area contributed by atoms with E-state index < -0.39 is 55.7 Å². The molecule has 0 aliphatic heterocycles. The molecule has 1 aromatic heterocycles. The van der Waals surface area contributed by atoms with E-state index in [-0.39, 0.29) is 122 Å². The molecule has 0 spiro atoms. The average molecular weight is 702 g/mol. The van der Waals surface area contributed by atoms with Gasteiger partial charge in [0.2, 0.25) is 0 Å². The summed E-state index contributed by atoms with van der Waals surface area (Å²) in [5.41, 5.74) is -0.673. The number of non-ortho nitro benzene ring substituents is 1. The maximum Gasteiger partial charge on any atom is 0.295 e. The summed E-state index contributed by atoms with van der Waals surface area (Å²) in [5.74, 6) is 0. The second-order valence-corrected chi connectivity index (χ2v) is 12.9. The van der Waals surface area contributed by atoms with Crippen LogP contribution in [-0.4, -0.2) is 148 Å². The quantitative estimate of drug-likeness (QED) is 0.0727. The number of rotatable bonds is 7. The Labute approximate surface area is 322 Å². The minimum absolute atomic E-state index is 0. The molecule has 1 heterocycles.